The van der Waals surface area contributed by atoms with Crippen LogP contribution in [0.25, 0.3) is 0 Å². The summed E-state index contributed by atoms with van der Waals surface area (Å²) in [6, 6.07) is 17.9. The molecule has 0 aliphatic carbocycles. The molecular weight excluding hydrogens is 298 g/mol. The number of anilines is 1. The Morgan fingerprint density at radius 2 is 1.62 bits per heavy atom. The number of aryl methyl sites for hydroxylation is 1. The number of thiocarbonyl (C=S) groups is 2. The summed E-state index contributed by atoms with van der Waals surface area (Å²) >= 11 is 11.0. The lowest BCUT2D eigenvalue weighted by Crippen LogP contribution is -2.36. The van der Waals surface area contributed by atoms with E-state index in [0.717, 1.165) is 11.3 Å². The molecule has 0 spiro atoms. The van der Waals surface area contributed by atoms with Crippen molar-refractivity contribution < 1.29 is 4.74 Å². The molecule has 0 fully saturated rings. The van der Waals surface area contributed by atoms with Gasteiger partial charge in [-0.2, -0.15) is 0 Å². The zero-order valence-corrected chi connectivity index (χ0v) is 13.7. The molecule has 2 rings (SSSR count). The zero-order valence-electron chi connectivity index (χ0n) is 12.1. The predicted octanol–water partition coefficient (Wildman–Crippen LogP) is 4.50. The molecular formula is C17H17NOS2. The van der Waals surface area contributed by atoms with Crippen LogP contribution in [-0.4, -0.2) is 16.8 Å². The molecule has 2 nitrogen and oxygen atoms in total. The Hall–Kier alpha value is -1.78. The first-order chi connectivity index (χ1) is 10.1. The molecule has 0 radical (unpaired) electrons. The fraction of sp³-hybridized carbons (Fsp3) is 0.176. The summed E-state index contributed by atoms with van der Waals surface area (Å²) in [4.78, 5) is 2.43. The molecule has 0 bridgehead atoms. The van der Waals surface area contributed by atoms with Crippen molar-refractivity contribution in [2.24, 2.45) is 0 Å². The van der Waals surface area contributed by atoms with Crippen LogP contribution in [0.15, 0.2) is 54.6 Å². The summed E-state index contributed by atoms with van der Waals surface area (Å²) in [5, 5.41) is 0.371. The van der Waals surface area contributed by atoms with Crippen LogP contribution in [0.3, 0.4) is 0 Å². The Balaban J connectivity index is 2.39. The molecule has 0 aliphatic rings. The zero-order chi connectivity index (χ0) is 15.2. The summed E-state index contributed by atoms with van der Waals surface area (Å²) < 4.78 is 5.50. The van der Waals surface area contributed by atoms with Gasteiger partial charge < -0.3 is 4.74 Å². The maximum atomic E-state index is 5.61. The lowest BCUT2D eigenvalue weighted by atomic mass is 10.2. The second kappa shape index (κ2) is 7.29. The van der Waals surface area contributed by atoms with Gasteiger partial charge in [-0.1, -0.05) is 60.2 Å². The van der Waals surface area contributed by atoms with E-state index in [0.29, 0.717) is 16.8 Å². The minimum Gasteiger partial charge on any atom is -0.471 e. The highest BCUT2D eigenvalue weighted by Crippen LogP contribution is 2.20. The molecule has 0 unspecified atom stereocenters. The van der Waals surface area contributed by atoms with Crippen molar-refractivity contribution in [1.82, 2.24) is 0 Å². The van der Waals surface area contributed by atoms with Gasteiger partial charge >= 0.3 is 0 Å². The molecule has 0 N–H and O–H groups in total. The van der Waals surface area contributed by atoms with Crippen LogP contribution in [0.2, 0.25) is 0 Å². The van der Waals surface area contributed by atoms with E-state index < -0.39 is 0 Å². The van der Waals surface area contributed by atoms with E-state index in [1.807, 2.05) is 68.4 Å². The third-order valence-electron chi connectivity index (χ3n) is 2.97. The van der Waals surface area contributed by atoms with Crippen LogP contribution < -0.4 is 4.90 Å². The fourth-order valence-corrected chi connectivity index (χ4v) is 2.59. The van der Waals surface area contributed by atoms with E-state index in [4.69, 9.17) is 29.2 Å². The Morgan fingerprint density at radius 3 is 2.19 bits per heavy atom. The minimum absolute atomic E-state index is 0.371. The van der Waals surface area contributed by atoms with Crippen LogP contribution in [0.1, 0.15) is 18.1 Å². The summed E-state index contributed by atoms with van der Waals surface area (Å²) in [5.74, 6) is 0. The molecule has 0 amide bonds. The topological polar surface area (TPSA) is 12.5 Å². The number of benzene rings is 2. The fourth-order valence-electron chi connectivity index (χ4n) is 1.90. The highest BCUT2D eigenvalue weighted by Gasteiger charge is 2.19. The SMILES string of the molecule is CCOC(=S)N(C(=S)c1ccccc1)c1ccc(C)cc1. The largest absolute Gasteiger partial charge is 0.471 e. The van der Waals surface area contributed by atoms with E-state index in [-0.39, 0.29) is 0 Å². The van der Waals surface area contributed by atoms with Crippen LogP contribution >= 0.6 is 24.4 Å². The second-order valence-electron chi connectivity index (χ2n) is 4.54. The van der Waals surface area contributed by atoms with Crippen molar-refractivity contribution in [2.45, 2.75) is 13.8 Å². The van der Waals surface area contributed by atoms with Gasteiger partial charge in [-0.3, -0.25) is 4.90 Å². The molecule has 2 aromatic carbocycles. The van der Waals surface area contributed by atoms with Crippen molar-refractivity contribution in [3.8, 4) is 0 Å². The van der Waals surface area contributed by atoms with E-state index in [9.17, 15) is 0 Å². The lowest BCUT2D eigenvalue weighted by molar-refractivity contribution is 0.331. The maximum Gasteiger partial charge on any atom is 0.269 e. The molecule has 0 saturated carbocycles. The summed E-state index contributed by atoms with van der Waals surface area (Å²) in [7, 11) is 0. The predicted molar refractivity (Wildman–Crippen MR) is 96.0 cm³/mol. The van der Waals surface area contributed by atoms with Gasteiger partial charge in [0.25, 0.3) is 5.17 Å². The van der Waals surface area contributed by atoms with Gasteiger partial charge in [0.05, 0.1) is 12.3 Å². The number of rotatable bonds is 3. The summed E-state index contributed by atoms with van der Waals surface area (Å²) in [6.45, 7) is 4.47. The van der Waals surface area contributed by atoms with E-state index in [2.05, 4.69) is 0 Å². The molecule has 0 heterocycles. The van der Waals surface area contributed by atoms with Gasteiger partial charge in [0, 0.05) is 5.56 Å². The quantitative estimate of drug-likeness (QED) is 0.773. The van der Waals surface area contributed by atoms with Crippen LogP contribution in [0, 0.1) is 6.92 Å². The Bertz CT molecular complexity index is 623. The van der Waals surface area contributed by atoms with Gasteiger partial charge in [0.2, 0.25) is 0 Å². The summed E-state index contributed by atoms with van der Waals surface area (Å²) in [5.41, 5.74) is 3.04. The Morgan fingerprint density at radius 1 is 1.00 bits per heavy atom. The minimum atomic E-state index is 0.371. The molecule has 0 saturated heterocycles. The smallest absolute Gasteiger partial charge is 0.269 e. The maximum absolute atomic E-state index is 5.61. The molecule has 0 atom stereocenters. The molecule has 108 valence electrons. The average Bonchev–Trinajstić information content (AvgIpc) is 2.50. The number of ether oxygens (including phenoxy) is 1. The normalized spacial score (nSPS) is 10.0. The first-order valence-electron chi connectivity index (χ1n) is 6.76. The first kappa shape index (κ1) is 15.6. The van der Waals surface area contributed by atoms with Crippen LogP contribution in [-0.2, 0) is 4.74 Å². The Kier molecular flexibility index (Phi) is 5.42. The van der Waals surface area contributed by atoms with Crippen molar-refractivity contribution in [1.29, 1.82) is 0 Å². The third-order valence-corrected chi connectivity index (χ3v) is 3.69. The average molecular weight is 315 g/mol. The van der Waals surface area contributed by atoms with Gasteiger partial charge in [-0.15, -0.1) is 0 Å². The van der Waals surface area contributed by atoms with Gasteiger partial charge in [-0.05, 0) is 38.2 Å². The van der Waals surface area contributed by atoms with E-state index in [1.165, 1.54) is 5.56 Å². The van der Waals surface area contributed by atoms with E-state index in [1.54, 1.807) is 4.90 Å². The summed E-state index contributed by atoms with van der Waals surface area (Å²) in [6.07, 6.45) is 0. The molecule has 4 heteroatoms. The first-order valence-corrected chi connectivity index (χ1v) is 7.58. The third kappa shape index (κ3) is 3.86. The molecule has 21 heavy (non-hydrogen) atoms. The highest BCUT2D eigenvalue weighted by molar-refractivity contribution is 7.82. The molecule has 0 aromatic heterocycles. The van der Waals surface area contributed by atoms with Crippen molar-refractivity contribution in [2.75, 3.05) is 11.5 Å². The van der Waals surface area contributed by atoms with Crippen molar-refractivity contribution >= 4 is 40.3 Å². The lowest BCUT2D eigenvalue weighted by Gasteiger charge is -2.25. The number of hydrogen-bond donors (Lipinski definition) is 0. The highest BCUT2D eigenvalue weighted by atomic mass is 32.1. The molecule has 0 aliphatic heterocycles. The van der Waals surface area contributed by atoms with Gasteiger partial charge in [0.1, 0.15) is 4.99 Å². The number of hydrogen-bond acceptors (Lipinski definition) is 3. The van der Waals surface area contributed by atoms with Crippen LogP contribution in [0.4, 0.5) is 5.69 Å². The Labute approximate surface area is 136 Å². The van der Waals surface area contributed by atoms with Gasteiger partial charge in [-0.25, -0.2) is 0 Å². The second-order valence-corrected chi connectivity index (χ2v) is 5.28. The van der Waals surface area contributed by atoms with Gasteiger partial charge in [0.15, 0.2) is 0 Å². The monoisotopic (exact) mass is 315 g/mol. The standard InChI is InChI=1S/C17H17NOS2/c1-3-19-17(21)18(15-11-9-13(2)10-12-15)16(20)14-7-5-4-6-8-14/h4-12H,3H2,1-2H3. The molecule has 2 aromatic rings. The van der Waals surface area contributed by atoms with Crippen LogP contribution in [0.5, 0.6) is 0 Å². The van der Waals surface area contributed by atoms with E-state index >= 15 is 0 Å². The van der Waals surface area contributed by atoms with Crippen molar-refractivity contribution in [3.05, 3.63) is 65.7 Å². The van der Waals surface area contributed by atoms with Crippen molar-refractivity contribution in [3.63, 3.8) is 0 Å². The number of nitrogens with zero attached hydrogens (tertiary/aromatic N) is 1.